The summed E-state index contributed by atoms with van der Waals surface area (Å²) in [5.41, 5.74) is 0.459. The number of hydrogen-bond acceptors (Lipinski definition) is 2. The van der Waals surface area contributed by atoms with E-state index in [1.54, 1.807) is 6.07 Å². The number of alkyl halides is 5. The lowest BCUT2D eigenvalue weighted by Crippen LogP contribution is -2.17. The smallest absolute Gasteiger partial charge is 0.433 e. The van der Waals surface area contributed by atoms with Crippen molar-refractivity contribution in [3.63, 3.8) is 0 Å². The van der Waals surface area contributed by atoms with E-state index in [4.69, 9.17) is 0 Å². The van der Waals surface area contributed by atoms with Gasteiger partial charge in [-0.1, -0.05) is 24.3 Å². The highest BCUT2D eigenvalue weighted by Crippen LogP contribution is 2.38. The van der Waals surface area contributed by atoms with Crippen molar-refractivity contribution >= 4 is 15.9 Å². The third-order valence-electron chi connectivity index (χ3n) is 2.55. The van der Waals surface area contributed by atoms with Gasteiger partial charge in [-0.05, 0) is 39.7 Å². The lowest BCUT2D eigenvalue weighted by atomic mass is 10.0. The van der Waals surface area contributed by atoms with Crippen LogP contribution in [0.2, 0.25) is 0 Å². The molecule has 0 fully saturated rings. The van der Waals surface area contributed by atoms with Crippen molar-refractivity contribution < 1.29 is 31.4 Å². The number of halogens is 6. The lowest BCUT2D eigenvalue weighted by Gasteiger charge is -2.14. The van der Waals surface area contributed by atoms with Gasteiger partial charge in [0.2, 0.25) is 0 Å². The fraction of sp³-hybridized carbons (Fsp3) is 0.143. The highest BCUT2D eigenvalue weighted by molar-refractivity contribution is 9.10. The van der Waals surface area contributed by atoms with E-state index >= 15 is 0 Å². The largest absolute Gasteiger partial charge is 0.573 e. The summed E-state index contributed by atoms with van der Waals surface area (Å²) in [6.07, 6.45) is -4.84. The second kappa shape index (κ2) is 6.51. The van der Waals surface area contributed by atoms with Crippen LogP contribution in [-0.2, 0) is 0 Å². The van der Waals surface area contributed by atoms with Crippen molar-refractivity contribution in [3.05, 3.63) is 46.9 Å². The zero-order chi connectivity index (χ0) is 16.3. The van der Waals surface area contributed by atoms with Crippen LogP contribution in [0.3, 0.4) is 0 Å². The maximum Gasteiger partial charge on any atom is 0.573 e. The first kappa shape index (κ1) is 16.5. The van der Waals surface area contributed by atoms with Crippen molar-refractivity contribution in [2.24, 2.45) is 0 Å². The molecule has 0 amide bonds. The van der Waals surface area contributed by atoms with Crippen LogP contribution in [0.5, 0.6) is 11.5 Å². The number of rotatable bonds is 4. The zero-order valence-corrected chi connectivity index (χ0v) is 12.3. The molecule has 2 nitrogen and oxygen atoms in total. The van der Waals surface area contributed by atoms with Gasteiger partial charge in [0.05, 0.1) is 4.47 Å². The van der Waals surface area contributed by atoms with Crippen LogP contribution >= 0.6 is 15.9 Å². The number of ether oxygens (including phenoxy) is 2. The lowest BCUT2D eigenvalue weighted by molar-refractivity contribution is -0.274. The Hall–Kier alpha value is -1.83. The zero-order valence-electron chi connectivity index (χ0n) is 10.7. The predicted octanol–water partition coefficient (Wildman–Crippen LogP) is 5.62. The minimum atomic E-state index is -4.84. The molecule has 0 N–H and O–H groups in total. The molecule has 118 valence electrons. The summed E-state index contributed by atoms with van der Waals surface area (Å²) < 4.78 is 70.2. The Morgan fingerprint density at radius 2 is 1.68 bits per heavy atom. The van der Waals surface area contributed by atoms with E-state index in [0.717, 1.165) is 12.1 Å². The van der Waals surface area contributed by atoms with Crippen molar-refractivity contribution in [2.45, 2.75) is 13.0 Å². The SMILES string of the molecule is FC(F)Oc1c(Br)cccc1-c1cccc(OC(F)(F)F)c1. The minimum absolute atomic E-state index is 0.165. The van der Waals surface area contributed by atoms with Crippen molar-refractivity contribution in [1.29, 1.82) is 0 Å². The van der Waals surface area contributed by atoms with Crippen molar-refractivity contribution in [1.82, 2.24) is 0 Å². The summed E-state index contributed by atoms with van der Waals surface area (Å²) in [4.78, 5) is 0. The van der Waals surface area contributed by atoms with Crippen LogP contribution in [0.4, 0.5) is 22.0 Å². The normalized spacial score (nSPS) is 11.6. The van der Waals surface area contributed by atoms with Gasteiger partial charge in [0.15, 0.2) is 0 Å². The molecule has 2 rings (SSSR count). The molecule has 0 spiro atoms. The average molecular weight is 383 g/mol. The molecule has 0 bridgehead atoms. The van der Waals surface area contributed by atoms with Crippen molar-refractivity contribution in [3.8, 4) is 22.6 Å². The van der Waals surface area contributed by atoms with Crippen molar-refractivity contribution in [2.75, 3.05) is 0 Å². The summed E-state index contributed by atoms with van der Waals surface area (Å²) in [6.45, 7) is -3.06. The number of benzene rings is 2. The molecular formula is C14H8BrF5O2. The molecule has 0 unspecified atom stereocenters. The summed E-state index contributed by atoms with van der Waals surface area (Å²) in [5.74, 6) is -0.616. The molecule has 2 aromatic rings. The van der Waals surface area contributed by atoms with Gasteiger partial charge in [-0.3, -0.25) is 0 Å². The van der Waals surface area contributed by atoms with Gasteiger partial charge in [-0.25, -0.2) is 0 Å². The first-order valence-electron chi connectivity index (χ1n) is 5.86. The average Bonchev–Trinajstić information content (AvgIpc) is 2.39. The Balaban J connectivity index is 2.44. The third-order valence-corrected chi connectivity index (χ3v) is 3.18. The summed E-state index contributed by atoms with van der Waals surface area (Å²) in [5, 5.41) is 0. The van der Waals surface area contributed by atoms with Crippen LogP contribution in [0.1, 0.15) is 0 Å². The Labute approximate surface area is 130 Å². The fourth-order valence-corrected chi connectivity index (χ4v) is 2.27. The maximum atomic E-state index is 12.5. The van der Waals surface area contributed by atoms with Gasteiger partial charge in [-0.15, -0.1) is 13.2 Å². The monoisotopic (exact) mass is 382 g/mol. The van der Waals surface area contributed by atoms with Crippen LogP contribution in [0, 0.1) is 0 Å². The van der Waals surface area contributed by atoms with E-state index in [2.05, 4.69) is 25.4 Å². The highest BCUT2D eigenvalue weighted by atomic mass is 79.9. The molecule has 0 heterocycles. The van der Waals surface area contributed by atoms with Crippen LogP contribution < -0.4 is 9.47 Å². The standard InChI is InChI=1S/C14H8BrF5O2/c15-11-6-2-5-10(12(11)21-13(16)17)8-3-1-4-9(7-8)22-14(18,19)20/h1-7,13H. The third kappa shape index (κ3) is 4.33. The van der Waals surface area contributed by atoms with E-state index < -0.39 is 18.7 Å². The van der Waals surface area contributed by atoms with Gasteiger partial charge < -0.3 is 9.47 Å². The second-order valence-electron chi connectivity index (χ2n) is 4.07. The predicted molar refractivity (Wildman–Crippen MR) is 72.9 cm³/mol. The van der Waals surface area contributed by atoms with Crippen LogP contribution in [-0.4, -0.2) is 13.0 Å². The van der Waals surface area contributed by atoms with E-state index in [-0.39, 0.29) is 21.3 Å². The molecule has 2 aromatic carbocycles. The molecule has 8 heteroatoms. The molecule has 0 atom stereocenters. The topological polar surface area (TPSA) is 18.5 Å². The van der Waals surface area contributed by atoms with E-state index in [0.29, 0.717) is 0 Å². The Morgan fingerprint density at radius 1 is 1.00 bits per heavy atom. The summed E-state index contributed by atoms with van der Waals surface area (Å²) >= 11 is 3.07. The minimum Gasteiger partial charge on any atom is -0.433 e. The molecule has 22 heavy (non-hydrogen) atoms. The Kier molecular flexibility index (Phi) is 4.90. The van der Waals surface area contributed by atoms with Gasteiger partial charge in [-0.2, -0.15) is 8.78 Å². The first-order valence-corrected chi connectivity index (χ1v) is 6.65. The molecule has 0 saturated heterocycles. The molecule has 0 aliphatic rings. The molecule has 0 radical (unpaired) electrons. The Bertz CT molecular complexity index is 658. The molecule has 0 saturated carbocycles. The Morgan fingerprint density at radius 3 is 2.32 bits per heavy atom. The fourth-order valence-electron chi connectivity index (χ4n) is 1.81. The summed E-state index contributed by atoms with van der Waals surface area (Å²) in [7, 11) is 0. The number of hydrogen-bond donors (Lipinski definition) is 0. The van der Waals surface area contributed by atoms with Gasteiger partial charge >= 0.3 is 13.0 Å². The maximum absolute atomic E-state index is 12.5. The van der Waals surface area contributed by atoms with E-state index in [9.17, 15) is 22.0 Å². The van der Waals surface area contributed by atoms with Gasteiger partial charge in [0.25, 0.3) is 0 Å². The summed E-state index contributed by atoms with van der Waals surface area (Å²) in [6, 6.07) is 9.48. The first-order chi connectivity index (χ1) is 10.3. The molecule has 0 aliphatic carbocycles. The van der Waals surface area contributed by atoms with Gasteiger partial charge in [0.1, 0.15) is 11.5 Å². The van der Waals surface area contributed by atoms with Crippen LogP contribution in [0.15, 0.2) is 46.9 Å². The molecule has 0 aliphatic heterocycles. The van der Waals surface area contributed by atoms with Crippen LogP contribution in [0.25, 0.3) is 11.1 Å². The molecular weight excluding hydrogens is 375 g/mol. The second-order valence-corrected chi connectivity index (χ2v) is 4.92. The van der Waals surface area contributed by atoms with E-state index in [1.807, 2.05) is 0 Å². The quantitative estimate of drug-likeness (QED) is 0.639. The van der Waals surface area contributed by atoms with E-state index in [1.165, 1.54) is 24.3 Å². The molecule has 0 aromatic heterocycles. The number of para-hydroxylation sites is 1. The highest BCUT2D eigenvalue weighted by Gasteiger charge is 2.31. The van der Waals surface area contributed by atoms with Gasteiger partial charge in [0, 0.05) is 5.56 Å².